The minimum absolute atomic E-state index is 0.0791. The molecule has 43 heavy (non-hydrogen) atoms. The van der Waals surface area contributed by atoms with Crippen LogP contribution in [0.4, 0.5) is 18.9 Å². The van der Waals surface area contributed by atoms with Gasteiger partial charge in [-0.05, 0) is 79.4 Å². The molecule has 0 aromatic heterocycles. The number of likely N-dealkylation sites (tertiary alicyclic amines) is 1. The number of hydrazone groups is 1. The van der Waals surface area contributed by atoms with Crippen molar-refractivity contribution in [3.63, 3.8) is 0 Å². The van der Waals surface area contributed by atoms with Gasteiger partial charge in [0.25, 0.3) is 21.8 Å². The summed E-state index contributed by atoms with van der Waals surface area (Å²) >= 11 is 5.71. The second-order valence-electron chi connectivity index (χ2n) is 9.58. The topological polar surface area (TPSA) is 108 Å². The first-order chi connectivity index (χ1) is 20.4. The number of nitrogens with zero attached hydrogens (tertiary/aromatic N) is 3. The number of amides is 2. The van der Waals surface area contributed by atoms with Gasteiger partial charge in [-0.2, -0.15) is 18.3 Å². The molecule has 1 N–H and O–H groups in total. The number of anilines is 1. The highest BCUT2D eigenvalue weighted by Crippen LogP contribution is 2.38. The molecule has 3 aromatic rings. The maximum atomic E-state index is 13.5. The van der Waals surface area contributed by atoms with Crippen LogP contribution in [0.5, 0.6) is 5.75 Å². The Morgan fingerprint density at radius 1 is 1.00 bits per heavy atom. The first-order valence-corrected chi connectivity index (χ1v) is 15.0. The molecule has 0 bridgehead atoms. The van der Waals surface area contributed by atoms with Crippen molar-refractivity contribution >= 4 is 45.3 Å². The third-order valence-corrected chi connectivity index (χ3v) is 8.63. The van der Waals surface area contributed by atoms with Gasteiger partial charge in [-0.15, -0.1) is 0 Å². The lowest BCUT2D eigenvalue weighted by Crippen LogP contribution is -2.39. The lowest BCUT2D eigenvalue weighted by atomic mass is 10.1. The second-order valence-corrected chi connectivity index (χ2v) is 11.8. The Kier molecular flexibility index (Phi) is 10.3. The van der Waals surface area contributed by atoms with Gasteiger partial charge in [0, 0.05) is 13.1 Å². The normalized spacial score (nSPS) is 14.0. The van der Waals surface area contributed by atoms with Crippen LogP contribution in [0.15, 0.2) is 82.8 Å². The molecule has 1 heterocycles. The van der Waals surface area contributed by atoms with Crippen molar-refractivity contribution in [2.45, 2.75) is 30.3 Å². The van der Waals surface area contributed by atoms with Gasteiger partial charge in [-0.25, -0.2) is 13.8 Å². The predicted molar refractivity (Wildman–Crippen MR) is 156 cm³/mol. The van der Waals surface area contributed by atoms with Crippen molar-refractivity contribution in [2.24, 2.45) is 5.10 Å². The third kappa shape index (κ3) is 8.48. The summed E-state index contributed by atoms with van der Waals surface area (Å²) in [6.45, 7) is 0.510. The molecule has 1 aliphatic heterocycles. The van der Waals surface area contributed by atoms with E-state index in [-0.39, 0.29) is 17.4 Å². The minimum atomic E-state index is -4.86. The maximum absolute atomic E-state index is 13.5. The number of piperidine rings is 1. The Bertz CT molecular complexity index is 1560. The molecule has 1 saturated heterocycles. The van der Waals surface area contributed by atoms with Crippen LogP contribution in [0.3, 0.4) is 0 Å². The van der Waals surface area contributed by atoms with E-state index in [0.717, 1.165) is 44.5 Å². The highest BCUT2D eigenvalue weighted by atomic mass is 35.5. The Morgan fingerprint density at radius 2 is 1.67 bits per heavy atom. The fourth-order valence-electron chi connectivity index (χ4n) is 4.29. The number of hydrogen-bond donors (Lipinski definition) is 1. The van der Waals surface area contributed by atoms with Crippen LogP contribution in [-0.4, -0.2) is 57.6 Å². The molecule has 228 valence electrons. The summed E-state index contributed by atoms with van der Waals surface area (Å²) < 4.78 is 73.4. The van der Waals surface area contributed by atoms with E-state index in [1.807, 2.05) is 0 Å². The van der Waals surface area contributed by atoms with Crippen LogP contribution in [0.2, 0.25) is 5.02 Å². The van der Waals surface area contributed by atoms with Crippen molar-refractivity contribution in [2.75, 3.05) is 30.5 Å². The maximum Gasteiger partial charge on any atom is 0.417 e. The number of nitrogens with one attached hydrogen (secondary N) is 1. The van der Waals surface area contributed by atoms with Gasteiger partial charge in [0.05, 0.1) is 27.4 Å². The Hall–Kier alpha value is -4.10. The van der Waals surface area contributed by atoms with E-state index in [9.17, 15) is 31.2 Å². The molecule has 4 rings (SSSR count). The lowest BCUT2D eigenvalue weighted by molar-refractivity contribution is -0.137. The van der Waals surface area contributed by atoms with Gasteiger partial charge in [-0.3, -0.25) is 13.9 Å². The molecule has 14 heteroatoms. The van der Waals surface area contributed by atoms with Gasteiger partial charge in [0.1, 0.15) is 12.3 Å². The van der Waals surface area contributed by atoms with Crippen molar-refractivity contribution in [1.29, 1.82) is 0 Å². The summed E-state index contributed by atoms with van der Waals surface area (Å²) in [6, 6.07) is 16.1. The quantitative estimate of drug-likeness (QED) is 0.246. The number of sulfonamides is 1. The number of benzene rings is 3. The fourth-order valence-corrected chi connectivity index (χ4v) is 5.95. The number of rotatable bonds is 10. The SMILES string of the molecule is O=C(CN(c1ccc(Cl)c(C(F)(F)F)c1)S(=O)(=O)c1ccccc1)N/N=C/c1ccc(OCC(=O)N2CCCCC2)cc1. The van der Waals surface area contributed by atoms with Gasteiger partial charge >= 0.3 is 6.18 Å². The minimum Gasteiger partial charge on any atom is -0.484 e. The van der Waals surface area contributed by atoms with Crippen LogP contribution in [-0.2, 0) is 25.8 Å². The van der Waals surface area contributed by atoms with Gasteiger partial charge in [-0.1, -0.05) is 29.8 Å². The van der Waals surface area contributed by atoms with Crippen LogP contribution < -0.4 is 14.5 Å². The molecule has 2 amide bonds. The van der Waals surface area contributed by atoms with E-state index in [1.54, 1.807) is 35.2 Å². The second kappa shape index (κ2) is 13.9. The van der Waals surface area contributed by atoms with E-state index < -0.39 is 44.9 Å². The highest BCUT2D eigenvalue weighted by Gasteiger charge is 2.35. The molecular weight excluding hydrogens is 609 g/mol. The summed E-state index contributed by atoms with van der Waals surface area (Å²) in [5.74, 6) is -0.519. The molecular formula is C29H28ClF3N4O5S. The number of hydrogen-bond acceptors (Lipinski definition) is 6. The van der Waals surface area contributed by atoms with Crippen molar-refractivity contribution < 1.29 is 35.9 Å². The molecule has 3 aromatic carbocycles. The zero-order valence-electron chi connectivity index (χ0n) is 22.8. The zero-order chi connectivity index (χ0) is 31.0. The Labute approximate surface area is 251 Å². The fraction of sp³-hybridized carbons (Fsp3) is 0.276. The first kappa shape index (κ1) is 31.8. The molecule has 9 nitrogen and oxygen atoms in total. The zero-order valence-corrected chi connectivity index (χ0v) is 24.3. The first-order valence-electron chi connectivity index (χ1n) is 13.2. The van der Waals surface area contributed by atoms with Crippen molar-refractivity contribution in [3.8, 4) is 5.75 Å². The monoisotopic (exact) mass is 636 g/mol. The molecule has 1 fully saturated rings. The van der Waals surface area contributed by atoms with Gasteiger partial charge in [0.15, 0.2) is 6.61 Å². The number of halogens is 4. The van der Waals surface area contributed by atoms with Crippen LogP contribution in [0.1, 0.15) is 30.4 Å². The number of alkyl halides is 3. The summed E-state index contributed by atoms with van der Waals surface area (Å²) in [7, 11) is -4.46. The lowest BCUT2D eigenvalue weighted by Gasteiger charge is -2.26. The number of carbonyl (C=O) groups excluding carboxylic acids is 2. The van der Waals surface area contributed by atoms with Gasteiger partial charge in [0.2, 0.25) is 0 Å². The average molecular weight is 637 g/mol. The van der Waals surface area contributed by atoms with E-state index in [1.165, 1.54) is 30.5 Å². The van der Waals surface area contributed by atoms with E-state index >= 15 is 0 Å². The predicted octanol–water partition coefficient (Wildman–Crippen LogP) is 5.10. The smallest absolute Gasteiger partial charge is 0.417 e. The standard InChI is InChI=1S/C29H28ClF3N4O5S/c30-26-14-11-22(17-25(26)29(31,32)33)37(43(40,41)24-7-3-1-4-8-24)19-27(38)35-34-18-21-9-12-23(13-10-21)42-20-28(39)36-15-5-2-6-16-36/h1,3-4,7-14,17-18H,2,5-6,15-16,19-20H2,(H,35,38)/b34-18+. The Morgan fingerprint density at radius 3 is 2.33 bits per heavy atom. The highest BCUT2D eigenvalue weighted by molar-refractivity contribution is 7.92. The van der Waals surface area contributed by atoms with E-state index in [2.05, 4.69) is 10.5 Å². The van der Waals surface area contributed by atoms with E-state index in [4.69, 9.17) is 16.3 Å². The Balaban J connectivity index is 1.43. The van der Waals surface area contributed by atoms with E-state index in [0.29, 0.717) is 21.7 Å². The summed E-state index contributed by atoms with van der Waals surface area (Å²) in [6.07, 6.45) is -0.481. The van der Waals surface area contributed by atoms with Gasteiger partial charge < -0.3 is 9.64 Å². The number of carbonyl (C=O) groups is 2. The molecule has 0 saturated carbocycles. The van der Waals surface area contributed by atoms with Crippen molar-refractivity contribution in [3.05, 3.63) is 88.9 Å². The molecule has 0 atom stereocenters. The molecule has 0 aliphatic carbocycles. The largest absolute Gasteiger partial charge is 0.484 e. The molecule has 0 spiro atoms. The molecule has 0 radical (unpaired) electrons. The van der Waals surface area contributed by atoms with Crippen LogP contribution >= 0.6 is 11.6 Å². The molecule has 0 unspecified atom stereocenters. The number of ether oxygens (including phenoxy) is 1. The molecule has 1 aliphatic rings. The van der Waals surface area contributed by atoms with Crippen molar-refractivity contribution in [1.82, 2.24) is 10.3 Å². The van der Waals surface area contributed by atoms with Crippen LogP contribution in [0, 0.1) is 0 Å². The third-order valence-electron chi connectivity index (χ3n) is 6.52. The average Bonchev–Trinajstić information content (AvgIpc) is 3.00. The summed E-state index contributed by atoms with van der Waals surface area (Å²) in [4.78, 5) is 26.6. The summed E-state index contributed by atoms with van der Waals surface area (Å²) in [5, 5.41) is 3.21. The summed E-state index contributed by atoms with van der Waals surface area (Å²) in [5.41, 5.74) is 1.09. The van der Waals surface area contributed by atoms with Crippen LogP contribution in [0.25, 0.3) is 0 Å².